The van der Waals surface area contributed by atoms with Crippen LogP contribution in [0.3, 0.4) is 0 Å². The van der Waals surface area contributed by atoms with E-state index >= 15 is 0 Å². The number of rotatable bonds is 3. The Morgan fingerprint density at radius 1 is 0.471 bits per heavy atom. The molecule has 0 aromatic heterocycles. The summed E-state index contributed by atoms with van der Waals surface area (Å²) in [4.78, 5) is 0. The summed E-state index contributed by atoms with van der Waals surface area (Å²) >= 11 is 0. The van der Waals surface area contributed by atoms with Gasteiger partial charge in [0.25, 0.3) is 0 Å². The van der Waals surface area contributed by atoms with Crippen LogP contribution in [-0.4, -0.2) is 53.3 Å². The molecule has 3 rings (SSSR count). The first-order chi connectivity index (χ1) is 7.95. The Kier molecular flexibility index (Phi) is 5.64. The second-order valence-corrected chi connectivity index (χ2v) is 7.48. The van der Waals surface area contributed by atoms with Crippen molar-refractivity contribution in [1.29, 1.82) is 0 Å². The molecule has 100 valence electrons. The second-order valence-electron chi connectivity index (χ2n) is 5.25. The quantitative estimate of drug-likeness (QED) is 0.733. The van der Waals surface area contributed by atoms with Gasteiger partial charge in [0.2, 0.25) is 0 Å². The molecular formula is C12H27N3P2. The Morgan fingerprint density at radius 3 is 0.941 bits per heavy atom. The maximum absolute atomic E-state index is 2.80. The largest absolute Gasteiger partial charge is 0.257 e. The van der Waals surface area contributed by atoms with Crippen molar-refractivity contribution in [3.8, 4) is 0 Å². The summed E-state index contributed by atoms with van der Waals surface area (Å²) in [7, 11) is -0.0640. The van der Waals surface area contributed by atoms with Crippen LogP contribution in [0.4, 0.5) is 0 Å². The molecule has 0 amide bonds. The molecule has 1 unspecified atom stereocenters. The monoisotopic (exact) mass is 275 g/mol. The molecule has 0 aromatic rings. The van der Waals surface area contributed by atoms with Crippen molar-refractivity contribution >= 4 is 18.3 Å². The van der Waals surface area contributed by atoms with Crippen molar-refractivity contribution < 1.29 is 0 Å². The standard InChI is InChI=1S/C12H24N3P.H3P/c1-2-8-13(7-1)16(14-9-3-4-10-14)15-11-5-6-12-15;/h1-12H2;1H3. The molecule has 3 aliphatic heterocycles. The number of hydrogen-bond acceptors (Lipinski definition) is 3. The summed E-state index contributed by atoms with van der Waals surface area (Å²) in [6, 6.07) is 0. The zero-order valence-corrected chi connectivity index (χ0v) is 13.3. The highest BCUT2D eigenvalue weighted by Gasteiger charge is 2.35. The van der Waals surface area contributed by atoms with E-state index < -0.39 is 0 Å². The molecule has 3 aliphatic rings. The van der Waals surface area contributed by atoms with Gasteiger partial charge in [0, 0.05) is 39.3 Å². The first kappa shape index (κ1) is 14.2. The van der Waals surface area contributed by atoms with Gasteiger partial charge < -0.3 is 0 Å². The molecule has 0 radical (unpaired) electrons. The highest BCUT2D eigenvalue weighted by atomic mass is 31.2. The van der Waals surface area contributed by atoms with Gasteiger partial charge in [-0.15, -0.1) is 0 Å². The van der Waals surface area contributed by atoms with E-state index in [9.17, 15) is 0 Å². The topological polar surface area (TPSA) is 9.72 Å². The van der Waals surface area contributed by atoms with Gasteiger partial charge in [-0.25, -0.2) is 0 Å². The molecule has 3 heterocycles. The van der Waals surface area contributed by atoms with E-state index in [0.29, 0.717) is 0 Å². The lowest BCUT2D eigenvalue weighted by Gasteiger charge is -2.40. The van der Waals surface area contributed by atoms with Gasteiger partial charge in [-0.05, 0) is 38.5 Å². The van der Waals surface area contributed by atoms with Crippen LogP contribution in [0.5, 0.6) is 0 Å². The lowest BCUT2D eigenvalue weighted by atomic mass is 10.4. The molecule has 3 saturated heterocycles. The van der Waals surface area contributed by atoms with Gasteiger partial charge in [-0.2, -0.15) is 9.90 Å². The molecule has 3 nitrogen and oxygen atoms in total. The maximum atomic E-state index is 2.80. The summed E-state index contributed by atoms with van der Waals surface area (Å²) in [5, 5.41) is 0. The van der Waals surface area contributed by atoms with Gasteiger partial charge in [0.15, 0.2) is 0 Å². The normalized spacial score (nSPS) is 28.1. The predicted molar refractivity (Wildman–Crippen MR) is 80.4 cm³/mol. The molecule has 1 atom stereocenters. The molecule has 5 heteroatoms. The van der Waals surface area contributed by atoms with Gasteiger partial charge >= 0.3 is 0 Å². The molecule has 0 saturated carbocycles. The molecule has 0 bridgehead atoms. The van der Waals surface area contributed by atoms with Crippen LogP contribution >= 0.6 is 18.3 Å². The van der Waals surface area contributed by atoms with E-state index in [1.165, 1.54) is 77.8 Å². The van der Waals surface area contributed by atoms with E-state index in [2.05, 4.69) is 14.0 Å². The van der Waals surface area contributed by atoms with Crippen LogP contribution in [0.25, 0.3) is 0 Å². The predicted octanol–water partition coefficient (Wildman–Crippen LogP) is 2.56. The number of hydrogen-bond donors (Lipinski definition) is 0. The Hall–Kier alpha value is 0.740. The number of nitrogens with zero attached hydrogens (tertiary/aromatic N) is 3. The van der Waals surface area contributed by atoms with Crippen LogP contribution in [0.2, 0.25) is 0 Å². The molecule has 0 aromatic carbocycles. The van der Waals surface area contributed by atoms with Gasteiger partial charge in [0.05, 0.1) is 0 Å². The fourth-order valence-electron chi connectivity index (χ4n) is 3.17. The molecule has 0 spiro atoms. The van der Waals surface area contributed by atoms with E-state index in [1.54, 1.807) is 0 Å². The maximum Gasteiger partial charge on any atom is 0.120 e. The Balaban J connectivity index is 0.00000108. The summed E-state index contributed by atoms with van der Waals surface area (Å²) < 4.78 is 8.39. The summed E-state index contributed by atoms with van der Waals surface area (Å²) in [5.41, 5.74) is 0. The third-order valence-corrected chi connectivity index (χ3v) is 6.72. The van der Waals surface area contributed by atoms with Gasteiger partial charge in [-0.1, -0.05) is 0 Å². The van der Waals surface area contributed by atoms with Crippen LogP contribution in [-0.2, 0) is 0 Å². The van der Waals surface area contributed by atoms with Crippen molar-refractivity contribution in [1.82, 2.24) is 14.0 Å². The van der Waals surface area contributed by atoms with Crippen LogP contribution < -0.4 is 0 Å². The molecule has 17 heavy (non-hydrogen) atoms. The Bertz CT molecular complexity index is 184. The van der Waals surface area contributed by atoms with E-state index in [0.717, 1.165) is 0 Å². The highest BCUT2D eigenvalue weighted by Crippen LogP contribution is 2.52. The SMILES string of the molecule is C1CCN(P(N2CCCC2)N2CCCC2)C1.P. The van der Waals surface area contributed by atoms with E-state index in [1.807, 2.05) is 0 Å². The van der Waals surface area contributed by atoms with Crippen molar-refractivity contribution in [3.63, 3.8) is 0 Å². The molecule has 3 fully saturated rings. The van der Waals surface area contributed by atoms with E-state index in [4.69, 9.17) is 0 Å². The summed E-state index contributed by atoms with van der Waals surface area (Å²) in [6.07, 6.45) is 8.59. The zero-order chi connectivity index (χ0) is 10.8. The lowest BCUT2D eigenvalue weighted by Crippen LogP contribution is -2.34. The van der Waals surface area contributed by atoms with E-state index in [-0.39, 0.29) is 18.3 Å². The third-order valence-electron chi connectivity index (χ3n) is 4.01. The Morgan fingerprint density at radius 2 is 0.706 bits per heavy atom. The van der Waals surface area contributed by atoms with Crippen molar-refractivity contribution in [2.75, 3.05) is 39.3 Å². The average Bonchev–Trinajstić information content (AvgIpc) is 3.02. The smallest absolute Gasteiger partial charge is 0.120 e. The van der Waals surface area contributed by atoms with Crippen molar-refractivity contribution in [3.05, 3.63) is 0 Å². The second kappa shape index (κ2) is 6.78. The van der Waals surface area contributed by atoms with Crippen LogP contribution in [0.1, 0.15) is 38.5 Å². The van der Waals surface area contributed by atoms with Crippen molar-refractivity contribution in [2.24, 2.45) is 0 Å². The average molecular weight is 275 g/mol. The minimum absolute atomic E-state index is 0. The third kappa shape index (κ3) is 3.19. The van der Waals surface area contributed by atoms with Crippen LogP contribution in [0, 0.1) is 0 Å². The Labute approximate surface area is 110 Å². The van der Waals surface area contributed by atoms with Gasteiger partial charge in [0.1, 0.15) is 8.37 Å². The summed E-state index contributed by atoms with van der Waals surface area (Å²) in [6.45, 7) is 8.16. The minimum atomic E-state index is -0.0640. The molecular weight excluding hydrogens is 248 g/mol. The highest BCUT2D eigenvalue weighted by molar-refractivity contribution is 7.50. The fraction of sp³-hybridized carbons (Fsp3) is 1.00. The van der Waals surface area contributed by atoms with Gasteiger partial charge in [-0.3, -0.25) is 14.0 Å². The first-order valence-electron chi connectivity index (χ1n) is 7.00. The molecule has 0 N–H and O–H groups in total. The lowest BCUT2D eigenvalue weighted by molar-refractivity contribution is 0.397. The molecule has 0 aliphatic carbocycles. The van der Waals surface area contributed by atoms with Crippen molar-refractivity contribution in [2.45, 2.75) is 38.5 Å². The minimum Gasteiger partial charge on any atom is -0.257 e. The fourth-order valence-corrected chi connectivity index (χ4v) is 6.17. The zero-order valence-electron chi connectivity index (χ0n) is 11.0. The summed E-state index contributed by atoms with van der Waals surface area (Å²) in [5.74, 6) is 0. The van der Waals surface area contributed by atoms with Crippen LogP contribution in [0.15, 0.2) is 0 Å². The first-order valence-corrected chi connectivity index (χ1v) is 8.20.